The first-order valence-corrected chi connectivity index (χ1v) is 11.4. The van der Waals surface area contributed by atoms with Crippen molar-refractivity contribution in [2.24, 2.45) is 0 Å². The lowest BCUT2D eigenvalue weighted by atomic mass is 9.72. The second-order valence-corrected chi connectivity index (χ2v) is 10.1. The summed E-state index contributed by atoms with van der Waals surface area (Å²) in [6.07, 6.45) is 1.72. The first kappa shape index (κ1) is 22.0. The monoisotopic (exact) mass is 441 g/mol. The molecule has 0 aromatic heterocycles. The highest BCUT2D eigenvalue weighted by atomic mass is 35.5. The number of ether oxygens (including phenoxy) is 1. The number of benzene rings is 2. The number of rotatable bonds is 4. The minimum absolute atomic E-state index is 0.0539. The summed E-state index contributed by atoms with van der Waals surface area (Å²) in [6.45, 7) is 9.95. The number of amides is 1. The summed E-state index contributed by atoms with van der Waals surface area (Å²) in [5.41, 5.74) is 4.30. The Hall–Kier alpha value is -2.24. The fourth-order valence-electron chi connectivity index (χ4n) is 4.78. The zero-order chi connectivity index (χ0) is 22.1. The van der Waals surface area contributed by atoms with Gasteiger partial charge in [0.2, 0.25) is 0 Å². The van der Waals surface area contributed by atoms with Gasteiger partial charge in [-0.05, 0) is 75.5 Å². The third kappa shape index (κ3) is 4.99. The molecule has 2 aliphatic rings. The summed E-state index contributed by atoms with van der Waals surface area (Å²) in [4.78, 5) is 14.8. The normalized spacial score (nSPS) is 17.8. The highest BCUT2D eigenvalue weighted by Gasteiger charge is 2.43. The van der Waals surface area contributed by atoms with E-state index in [1.807, 2.05) is 26.8 Å². The lowest BCUT2D eigenvalue weighted by Crippen LogP contribution is -2.44. The summed E-state index contributed by atoms with van der Waals surface area (Å²) in [5.74, 6) is 0. The number of likely N-dealkylation sites (tertiary alicyclic amines) is 1. The number of carbonyl (C=O) groups excluding carboxylic acids is 1. The van der Waals surface area contributed by atoms with Crippen LogP contribution in [0.2, 0.25) is 5.02 Å². The molecule has 0 bridgehead atoms. The molecular formula is C25H32ClN3O2. The minimum atomic E-state index is -0.527. The van der Waals surface area contributed by atoms with Gasteiger partial charge in [0.1, 0.15) is 5.60 Å². The molecule has 1 saturated heterocycles. The van der Waals surface area contributed by atoms with Crippen LogP contribution in [0.4, 0.5) is 10.5 Å². The predicted molar refractivity (Wildman–Crippen MR) is 126 cm³/mol. The van der Waals surface area contributed by atoms with Crippen LogP contribution in [0.1, 0.15) is 50.3 Å². The molecule has 1 fully saturated rings. The van der Waals surface area contributed by atoms with Gasteiger partial charge >= 0.3 is 6.09 Å². The molecule has 2 aromatic carbocycles. The van der Waals surface area contributed by atoms with Crippen LogP contribution in [0, 0.1) is 0 Å². The average molecular weight is 442 g/mol. The molecule has 2 aromatic rings. The molecule has 2 aliphatic heterocycles. The van der Waals surface area contributed by atoms with Crippen LogP contribution < -0.4 is 10.6 Å². The number of piperidine rings is 1. The van der Waals surface area contributed by atoms with Crippen molar-refractivity contribution in [1.29, 1.82) is 0 Å². The maximum absolute atomic E-state index is 12.2. The molecule has 0 radical (unpaired) electrons. The summed E-state index contributed by atoms with van der Waals surface area (Å²) in [6, 6.07) is 14.6. The van der Waals surface area contributed by atoms with Crippen LogP contribution in [0.5, 0.6) is 0 Å². The maximum atomic E-state index is 12.2. The third-order valence-corrected chi connectivity index (χ3v) is 6.63. The summed E-state index contributed by atoms with van der Waals surface area (Å²) < 4.78 is 5.41. The van der Waals surface area contributed by atoms with Gasteiger partial charge in [0.25, 0.3) is 0 Å². The van der Waals surface area contributed by atoms with Crippen LogP contribution in [0.25, 0.3) is 0 Å². The number of anilines is 1. The number of nitrogens with one attached hydrogen (secondary N) is 2. The van der Waals surface area contributed by atoms with Crippen LogP contribution in [-0.2, 0) is 23.2 Å². The van der Waals surface area contributed by atoms with E-state index in [-0.39, 0.29) is 5.41 Å². The fraction of sp³-hybridized carbons (Fsp3) is 0.480. The Bertz CT molecular complexity index is 932. The molecule has 0 unspecified atom stereocenters. The summed E-state index contributed by atoms with van der Waals surface area (Å²) in [7, 11) is 0. The van der Waals surface area contributed by atoms with Gasteiger partial charge in [0.15, 0.2) is 0 Å². The van der Waals surface area contributed by atoms with Crippen molar-refractivity contribution in [3.63, 3.8) is 0 Å². The van der Waals surface area contributed by atoms with Crippen molar-refractivity contribution in [1.82, 2.24) is 10.2 Å². The van der Waals surface area contributed by atoms with Gasteiger partial charge < -0.3 is 15.4 Å². The molecule has 1 spiro atoms. The van der Waals surface area contributed by atoms with Gasteiger partial charge in [0.05, 0.1) is 0 Å². The standard InChI is InChI=1S/C25H32ClN3O2/c1-24(2,3)31-23(30)27-15-19-20(26)9-10-21-22(19)25(17-28-21)11-13-29(14-12-25)16-18-7-5-4-6-8-18/h4-10,28H,11-17H2,1-3H3,(H,27,30). The number of nitrogens with zero attached hydrogens (tertiary/aromatic N) is 1. The molecule has 0 saturated carbocycles. The topological polar surface area (TPSA) is 53.6 Å². The number of fused-ring (bicyclic) bond motifs is 2. The van der Waals surface area contributed by atoms with E-state index in [2.05, 4.69) is 51.9 Å². The van der Waals surface area contributed by atoms with Crippen LogP contribution in [-0.4, -0.2) is 36.2 Å². The van der Waals surface area contributed by atoms with Gasteiger partial charge in [0, 0.05) is 35.8 Å². The molecule has 1 amide bonds. The Balaban J connectivity index is 1.49. The Morgan fingerprint density at radius 3 is 2.55 bits per heavy atom. The lowest BCUT2D eigenvalue weighted by Gasteiger charge is -2.40. The first-order chi connectivity index (χ1) is 14.8. The van der Waals surface area contributed by atoms with Gasteiger partial charge in [-0.1, -0.05) is 41.9 Å². The van der Waals surface area contributed by atoms with E-state index in [0.29, 0.717) is 11.6 Å². The van der Waals surface area contributed by atoms with Crippen molar-refractivity contribution >= 4 is 23.4 Å². The fourth-order valence-corrected chi connectivity index (χ4v) is 5.01. The largest absolute Gasteiger partial charge is 0.444 e. The van der Waals surface area contributed by atoms with Gasteiger partial charge in [-0.15, -0.1) is 0 Å². The SMILES string of the molecule is CC(C)(C)OC(=O)NCc1c(Cl)ccc2c1C1(CCN(Cc3ccccc3)CC1)CN2. The van der Waals surface area contributed by atoms with Crippen molar-refractivity contribution in [3.8, 4) is 0 Å². The second-order valence-electron chi connectivity index (χ2n) is 9.70. The van der Waals surface area contributed by atoms with Gasteiger partial charge in [-0.3, -0.25) is 4.90 Å². The molecule has 166 valence electrons. The van der Waals surface area contributed by atoms with Crippen molar-refractivity contribution in [3.05, 3.63) is 64.2 Å². The zero-order valence-corrected chi connectivity index (χ0v) is 19.4. The summed E-state index contributed by atoms with van der Waals surface area (Å²) >= 11 is 6.63. The van der Waals surface area contributed by atoms with E-state index in [4.69, 9.17) is 16.3 Å². The number of carbonyl (C=O) groups is 1. The van der Waals surface area contributed by atoms with E-state index >= 15 is 0 Å². The average Bonchev–Trinajstić information content (AvgIpc) is 3.07. The van der Waals surface area contributed by atoms with E-state index in [9.17, 15) is 4.79 Å². The molecular weight excluding hydrogens is 410 g/mol. The molecule has 31 heavy (non-hydrogen) atoms. The quantitative estimate of drug-likeness (QED) is 0.673. The van der Waals surface area contributed by atoms with Crippen molar-refractivity contribution < 1.29 is 9.53 Å². The Morgan fingerprint density at radius 2 is 1.87 bits per heavy atom. The van der Waals surface area contributed by atoms with E-state index in [1.54, 1.807) is 0 Å². The molecule has 4 rings (SSSR count). The molecule has 5 nitrogen and oxygen atoms in total. The minimum Gasteiger partial charge on any atom is -0.444 e. The van der Waals surface area contributed by atoms with E-state index < -0.39 is 11.7 Å². The van der Waals surface area contributed by atoms with E-state index in [0.717, 1.165) is 50.3 Å². The zero-order valence-electron chi connectivity index (χ0n) is 18.6. The molecule has 0 atom stereocenters. The van der Waals surface area contributed by atoms with Crippen LogP contribution in [0.3, 0.4) is 0 Å². The number of hydrogen-bond acceptors (Lipinski definition) is 4. The second kappa shape index (κ2) is 8.71. The van der Waals surface area contributed by atoms with Crippen LogP contribution >= 0.6 is 11.6 Å². The number of halogens is 1. The van der Waals surface area contributed by atoms with Gasteiger partial charge in [-0.2, -0.15) is 0 Å². The van der Waals surface area contributed by atoms with Crippen molar-refractivity contribution in [2.45, 2.75) is 57.7 Å². The highest BCUT2D eigenvalue weighted by molar-refractivity contribution is 6.31. The Kier molecular flexibility index (Phi) is 6.18. The van der Waals surface area contributed by atoms with E-state index in [1.165, 1.54) is 11.1 Å². The first-order valence-electron chi connectivity index (χ1n) is 11.0. The smallest absolute Gasteiger partial charge is 0.407 e. The number of hydrogen-bond donors (Lipinski definition) is 2. The predicted octanol–water partition coefficient (Wildman–Crippen LogP) is 5.32. The third-order valence-electron chi connectivity index (χ3n) is 6.27. The molecule has 2 heterocycles. The Morgan fingerprint density at radius 1 is 1.16 bits per heavy atom. The number of alkyl carbamates (subject to hydrolysis) is 1. The molecule has 6 heteroatoms. The maximum Gasteiger partial charge on any atom is 0.407 e. The molecule has 0 aliphatic carbocycles. The lowest BCUT2D eigenvalue weighted by molar-refractivity contribution is 0.0523. The van der Waals surface area contributed by atoms with Gasteiger partial charge in [-0.25, -0.2) is 4.79 Å². The molecule has 2 N–H and O–H groups in total. The summed E-state index contributed by atoms with van der Waals surface area (Å²) in [5, 5.41) is 7.20. The Labute approximate surface area is 190 Å². The highest BCUT2D eigenvalue weighted by Crippen LogP contribution is 2.47. The van der Waals surface area contributed by atoms with Crippen LogP contribution in [0.15, 0.2) is 42.5 Å². The van der Waals surface area contributed by atoms with Crippen molar-refractivity contribution in [2.75, 3.05) is 25.0 Å².